The first-order valence-electron chi connectivity index (χ1n) is 6.72. The molecule has 0 aromatic rings. The number of hydrogen-bond donors (Lipinski definition) is 1. The van der Waals surface area contributed by atoms with Crippen LogP contribution in [0.5, 0.6) is 0 Å². The van der Waals surface area contributed by atoms with Crippen molar-refractivity contribution < 1.29 is 14.6 Å². The lowest BCUT2D eigenvalue weighted by Gasteiger charge is -2.33. The van der Waals surface area contributed by atoms with E-state index in [0.29, 0.717) is 18.7 Å². The van der Waals surface area contributed by atoms with E-state index in [9.17, 15) is 0 Å². The van der Waals surface area contributed by atoms with Crippen LogP contribution in [0.3, 0.4) is 0 Å². The molecule has 2 heterocycles. The van der Waals surface area contributed by atoms with Gasteiger partial charge in [0.15, 0.2) is 5.79 Å². The van der Waals surface area contributed by atoms with Gasteiger partial charge in [-0.05, 0) is 40.2 Å². The molecule has 1 N–H and O–H groups in total. The summed E-state index contributed by atoms with van der Waals surface area (Å²) >= 11 is 0. The number of hydrogen-bond acceptors (Lipinski definition) is 4. The lowest BCUT2D eigenvalue weighted by atomic mass is 10.0. The van der Waals surface area contributed by atoms with Gasteiger partial charge in [0.05, 0.1) is 13.2 Å². The van der Waals surface area contributed by atoms with Crippen molar-refractivity contribution >= 4 is 0 Å². The second-order valence-corrected chi connectivity index (χ2v) is 5.70. The summed E-state index contributed by atoms with van der Waals surface area (Å²) in [5.74, 6) is -0.504. The van der Waals surface area contributed by atoms with Crippen LogP contribution < -0.4 is 0 Å². The van der Waals surface area contributed by atoms with E-state index < -0.39 is 5.79 Å². The predicted octanol–water partition coefficient (Wildman–Crippen LogP) is 1.37. The molecular weight excluding hydrogens is 218 g/mol. The van der Waals surface area contributed by atoms with Gasteiger partial charge in [0.2, 0.25) is 0 Å². The smallest absolute Gasteiger partial charge is 0.167 e. The molecule has 3 atom stereocenters. The minimum absolute atomic E-state index is 0.0498. The summed E-state index contributed by atoms with van der Waals surface area (Å²) in [6, 6.07) is 1.14. The van der Waals surface area contributed by atoms with Crippen LogP contribution >= 0.6 is 0 Å². The van der Waals surface area contributed by atoms with Crippen LogP contribution in [-0.4, -0.2) is 53.7 Å². The minimum atomic E-state index is -0.504. The van der Waals surface area contributed by atoms with Crippen molar-refractivity contribution in [2.45, 2.75) is 64.0 Å². The van der Waals surface area contributed by atoms with Crippen molar-refractivity contribution in [3.8, 4) is 0 Å². The summed E-state index contributed by atoms with van der Waals surface area (Å²) in [4.78, 5) is 2.53. The summed E-state index contributed by atoms with van der Waals surface area (Å²) in [6.45, 7) is 8.23. The van der Waals surface area contributed by atoms with Crippen LogP contribution in [0.2, 0.25) is 0 Å². The summed E-state index contributed by atoms with van der Waals surface area (Å²) in [7, 11) is 0. The highest BCUT2D eigenvalue weighted by atomic mass is 16.7. The fourth-order valence-corrected chi connectivity index (χ4v) is 3.07. The van der Waals surface area contributed by atoms with Crippen molar-refractivity contribution in [3.05, 3.63) is 0 Å². The number of rotatable bonds is 4. The first kappa shape index (κ1) is 13.3. The molecule has 2 aliphatic heterocycles. The maximum Gasteiger partial charge on any atom is 0.167 e. The predicted molar refractivity (Wildman–Crippen MR) is 65.8 cm³/mol. The van der Waals surface area contributed by atoms with E-state index in [0.717, 1.165) is 6.42 Å². The summed E-state index contributed by atoms with van der Waals surface area (Å²) < 4.78 is 11.5. The zero-order valence-electron chi connectivity index (χ0n) is 11.2. The molecule has 0 amide bonds. The Labute approximate surface area is 104 Å². The van der Waals surface area contributed by atoms with Gasteiger partial charge in [-0.2, -0.15) is 0 Å². The standard InChI is InChI=1S/C13H25NO3/c1-10(2)14-6-4-5-11(14)7-13(3)16-9-12(8-15)17-13/h10-12,15H,4-9H2,1-3H3. The number of aliphatic hydroxyl groups excluding tert-OH is 1. The molecule has 4 heteroatoms. The average molecular weight is 243 g/mol. The number of aliphatic hydroxyl groups is 1. The summed E-state index contributed by atoms with van der Waals surface area (Å²) in [5.41, 5.74) is 0. The van der Waals surface area contributed by atoms with Crippen molar-refractivity contribution in [2.75, 3.05) is 19.8 Å². The Morgan fingerprint density at radius 1 is 1.47 bits per heavy atom. The highest BCUT2D eigenvalue weighted by Crippen LogP contribution is 2.33. The lowest BCUT2D eigenvalue weighted by molar-refractivity contribution is -0.170. The second-order valence-electron chi connectivity index (χ2n) is 5.70. The zero-order chi connectivity index (χ0) is 12.5. The summed E-state index contributed by atoms with van der Waals surface area (Å²) in [6.07, 6.45) is 3.25. The third-order valence-electron chi connectivity index (χ3n) is 3.89. The molecule has 0 radical (unpaired) electrons. The monoisotopic (exact) mass is 243 g/mol. The molecule has 0 aliphatic carbocycles. The van der Waals surface area contributed by atoms with E-state index in [2.05, 4.69) is 18.7 Å². The Morgan fingerprint density at radius 2 is 2.24 bits per heavy atom. The molecule has 0 aromatic heterocycles. The molecule has 4 nitrogen and oxygen atoms in total. The number of nitrogens with zero attached hydrogens (tertiary/aromatic N) is 1. The molecule has 0 aromatic carbocycles. The van der Waals surface area contributed by atoms with E-state index in [1.807, 2.05) is 6.92 Å². The van der Waals surface area contributed by atoms with Gasteiger partial charge < -0.3 is 14.6 Å². The first-order chi connectivity index (χ1) is 8.04. The third kappa shape index (κ3) is 2.99. The molecule has 100 valence electrons. The first-order valence-corrected chi connectivity index (χ1v) is 6.72. The Bertz CT molecular complexity index is 259. The second kappa shape index (κ2) is 5.22. The summed E-state index contributed by atoms with van der Waals surface area (Å²) in [5, 5.41) is 9.08. The SMILES string of the molecule is CC(C)N1CCCC1CC1(C)OCC(CO)O1. The Balaban J connectivity index is 1.92. The quantitative estimate of drug-likeness (QED) is 0.810. The van der Waals surface area contributed by atoms with Gasteiger partial charge >= 0.3 is 0 Å². The van der Waals surface area contributed by atoms with E-state index in [4.69, 9.17) is 14.6 Å². The molecule has 3 unspecified atom stereocenters. The number of ether oxygens (including phenoxy) is 2. The molecule has 0 saturated carbocycles. The molecule has 2 fully saturated rings. The Kier molecular flexibility index (Phi) is 4.08. The fourth-order valence-electron chi connectivity index (χ4n) is 3.07. The topological polar surface area (TPSA) is 41.9 Å². The fraction of sp³-hybridized carbons (Fsp3) is 1.00. The van der Waals surface area contributed by atoms with Crippen molar-refractivity contribution in [1.82, 2.24) is 4.90 Å². The van der Waals surface area contributed by atoms with Crippen LogP contribution in [0.4, 0.5) is 0 Å². The van der Waals surface area contributed by atoms with E-state index >= 15 is 0 Å². The molecule has 17 heavy (non-hydrogen) atoms. The van der Waals surface area contributed by atoms with E-state index in [1.165, 1.54) is 19.4 Å². The highest BCUT2D eigenvalue weighted by Gasteiger charge is 2.41. The normalized spacial score (nSPS) is 39.4. The van der Waals surface area contributed by atoms with Gasteiger partial charge in [0, 0.05) is 18.5 Å². The van der Waals surface area contributed by atoms with Crippen LogP contribution in [0.1, 0.15) is 40.0 Å². The molecule has 2 rings (SSSR count). The maximum absolute atomic E-state index is 9.08. The van der Waals surface area contributed by atoms with Gasteiger partial charge in [-0.3, -0.25) is 4.90 Å². The lowest BCUT2D eigenvalue weighted by Crippen LogP contribution is -2.41. The van der Waals surface area contributed by atoms with Crippen molar-refractivity contribution in [3.63, 3.8) is 0 Å². The highest BCUT2D eigenvalue weighted by molar-refractivity contribution is 4.87. The van der Waals surface area contributed by atoms with Gasteiger partial charge in [0.25, 0.3) is 0 Å². The van der Waals surface area contributed by atoms with Crippen LogP contribution in [0, 0.1) is 0 Å². The van der Waals surface area contributed by atoms with Gasteiger partial charge in [-0.25, -0.2) is 0 Å². The largest absolute Gasteiger partial charge is 0.394 e. The van der Waals surface area contributed by atoms with Crippen molar-refractivity contribution in [2.24, 2.45) is 0 Å². The Morgan fingerprint density at radius 3 is 2.82 bits per heavy atom. The van der Waals surface area contributed by atoms with Gasteiger partial charge in [-0.1, -0.05) is 0 Å². The Hall–Kier alpha value is -0.160. The molecule has 2 aliphatic rings. The van der Waals surface area contributed by atoms with Crippen LogP contribution in [0.15, 0.2) is 0 Å². The van der Waals surface area contributed by atoms with Crippen molar-refractivity contribution in [1.29, 1.82) is 0 Å². The molecule has 2 saturated heterocycles. The minimum Gasteiger partial charge on any atom is -0.394 e. The van der Waals surface area contributed by atoms with E-state index in [1.54, 1.807) is 0 Å². The van der Waals surface area contributed by atoms with Gasteiger partial charge in [0.1, 0.15) is 6.10 Å². The zero-order valence-corrected chi connectivity index (χ0v) is 11.2. The van der Waals surface area contributed by atoms with Gasteiger partial charge in [-0.15, -0.1) is 0 Å². The molecular formula is C13H25NO3. The third-order valence-corrected chi connectivity index (χ3v) is 3.89. The molecule has 0 bridgehead atoms. The molecule has 0 spiro atoms. The van der Waals surface area contributed by atoms with E-state index in [-0.39, 0.29) is 12.7 Å². The maximum atomic E-state index is 9.08. The van der Waals surface area contributed by atoms with Crippen LogP contribution in [-0.2, 0) is 9.47 Å². The number of likely N-dealkylation sites (tertiary alicyclic amines) is 1. The average Bonchev–Trinajstić information content (AvgIpc) is 2.85. The van der Waals surface area contributed by atoms with Crippen LogP contribution in [0.25, 0.3) is 0 Å².